The van der Waals surface area contributed by atoms with Gasteiger partial charge in [-0.25, -0.2) is 4.57 Å². The van der Waals surface area contributed by atoms with Crippen LogP contribution in [0.5, 0.6) is 0 Å². The number of rotatable bonds is 2. The smallest absolute Gasteiger partial charge is 0.510 e. The quantitative estimate of drug-likeness (QED) is 0.505. The first-order valence-electron chi connectivity index (χ1n) is 5.06. The Labute approximate surface area is 115 Å². The molecule has 1 N–H and O–H groups in total. The Kier molecular flexibility index (Phi) is 7.06. The summed E-state index contributed by atoms with van der Waals surface area (Å²) in [4.78, 5) is 0. The SMILES string of the molecule is O=S([O-])(=NC(F)(F)F)C(F)(F)F.OCC[n+]1ccccc1. The minimum Gasteiger partial charge on any atom is -0.757 e. The molecule has 0 amide bonds. The van der Waals surface area contributed by atoms with Gasteiger partial charge >= 0.3 is 11.8 Å². The van der Waals surface area contributed by atoms with Crippen LogP contribution in [0.15, 0.2) is 35.0 Å². The van der Waals surface area contributed by atoms with Crippen molar-refractivity contribution in [1.29, 1.82) is 0 Å². The highest BCUT2D eigenvalue weighted by Crippen LogP contribution is 2.28. The van der Waals surface area contributed by atoms with E-state index >= 15 is 0 Å². The van der Waals surface area contributed by atoms with E-state index in [1.807, 2.05) is 35.2 Å². The van der Waals surface area contributed by atoms with E-state index < -0.39 is 21.8 Å². The van der Waals surface area contributed by atoms with E-state index in [1.54, 1.807) is 0 Å². The molecule has 0 bridgehead atoms. The Morgan fingerprint density at radius 1 is 1.10 bits per heavy atom. The Hall–Kier alpha value is -1.40. The summed E-state index contributed by atoms with van der Waals surface area (Å²) in [6.45, 7) is 0.884. The number of hydrogen-bond acceptors (Lipinski definition) is 4. The summed E-state index contributed by atoms with van der Waals surface area (Å²) in [6, 6.07) is 5.83. The van der Waals surface area contributed by atoms with Crippen LogP contribution in [0.2, 0.25) is 0 Å². The highest BCUT2D eigenvalue weighted by Gasteiger charge is 2.40. The van der Waals surface area contributed by atoms with Crippen molar-refractivity contribution in [2.75, 3.05) is 6.61 Å². The van der Waals surface area contributed by atoms with Gasteiger partial charge < -0.3 is 9.66 Å². The van der Waals surface area contributed by atoms with Crippen LogP contribution in [-0.4, -0.2) is 32.3 Å². The maximum atomic E-state index is 11.2. The van der Waals surface area contributed by atoms with Crippen LogP contribution in [0.1, 0.15) is 0 Å². The lowest BCUT2D eigenvalue weighted by molar-refractivity contribution is -0.698. The number of aliphatic hydroxyl groups is 1. The second-order valence-corrected chi connectivity index (χ2v) is 4.91. The van der Waals surface area contributed by atoms with Gasteiger partial charge in [0.25, 0.3) is 0 Å². The molecule has 5 nitrogen and oxygen atoms in total. The maximum Gasteiger partial charge on any atom is 0.510 e. The number of hydrogen-bond donors (Lipinski definition) is 1. The predicted molar refractivity (Wildman–Crippen MR) is 57.2 cm³/mol. The largest absolute Gasteiger partial charge is 0.757 e. The number of alkyl halides is 6. The Balaban J connectivity index is 0.000000394. The van der Waals surface area contributed by atoms with Crippen LogP contribution in [0.3, 0.4) is 0 Å². The summed E-state index contributed by atoms with van der Waals surface area (Å²) in [6.07, 6.45) is -1.89. The molecule has 1 rings (SSSR count). The highest BCUT2D eigenvalue weighted by atomic mass is 32.2. The molecule has 21 heavy (non-hydrogen) atoms. The number of aromatic nitrogens is 1. The first kappa shape index (κ1) is 19.6. The molecule has 1 heterocycles. The number of nitrogens with zero attached hydrogens (tertiary/aromatic N) is 2. The third-order valence-corrected chi connectivity index (χ3v) is 2.68. The predicted octanol–water partition coefficient (Wildman–Crippen LogP) is 1.59. The van der Waals surface area contributed by atoms with Gasteiger partial charge in [-0.3, -0.25) is 4.21 Å². The van der Waals surface area contributed by atoms with E-state index in [0.717, 1.165) is 0 Å². The van der Waals surface area contributed by atoms with Crippen LogP contribution in [-0.2, 0) is 16.6 Å². The zero-order valence-corrected chi connectivity index (χ0v) is 11.0. The topological polar surface area (TPSA) is 76.6 Å². The molecule has 0 saturated heterocycles. The highest BCUT2D eigenvalue weighted by molar-refractivity contribution is 7.88. The average molecular weight is 340 g/mol. The Morgan fingerprint density at radius 3 is 1.86 bits per heavy atom. The van der Waals surface area contributed by atoms with Gasteiger partial charge in [0.15, 0.2) is 18.9 Å². The molecule has 1 aromatic rings. The summed E-state index contributed by atoms with van der Waals surface area (Å²) >= 11 is 0. The molecule has 0 spiro atoms. The number of halogens is 6. The lowest BCUT2D eigenvalue weighted by Gasteiger charge is -2.17. The molecule has 0 aliphatic rings. The van der Waals surface area contributed by atoms with Gasteiger partial charge in [-0.2, -0.15) is 13.2 Å². The van der Waals surface area contributed by atoms with Crippen LogP contribution < -0.4 is 4.57 Å². The van der Waals surface area contributed by atoms with Crippen LogP contribution in [0, 0.1) is 0 Å². The fourth-order valence-electron chi connectivity index (χ4n) is 0.887. The molecule has 0 aliphatic carbocycles. The summed E-state index contributed by atoms with van der Waals surface area (Å²) < 4.78 is 88.6. The molecular weight excluding hydrogens is 330 g/mol. The van der Waals surface area contributed by atoms with E-state index in [0.29, 0.717) is 10.9 Å². The summed E-state index contributed by atoms with van der Waals surface area (Å²) in [5.74, 6) is 0. The lowest BCUT2D eigenvalue weighted by atomic mass is 10.5. The van der Waals surface area contributed by atoms with E-state index in [2.05, 4.69) is 0 Å². The Morgan fingerprint density at radius 2 is 1.57 bits per heavy atom. The molecule has 1 aromatic heterocycles. The first-order chi connectivity index (χ1) is 9.39. The zero-order chi connectivity index (χ0) is 16.7. The van der Waals surface area contributed by atoms with Gasteiger partial charge in [0.05, 0.1) is 10.0 Å². The van der Waals surface area contributed by atoms with Gasteiger partial charge in [-0.15, -0.1) is 17.5 Å². The van der Waals surface area contributed by atoms with E-state index in [4.69, 9.17) is 5.11 Å². The normalized spacial score (nSPS) is 14.7. The molecule has 0 aromatic carbocycles. The average Bonchev–Trinajstić information content (AvgIpc) is 2.27. The van der Waals surface area contributed by atoms with Gasteiger partial charge in [-0.05, 0) is 0 Å². The summed E-state index contributed by atoms with van der Waals surface area (Å²) in [7, 11) is -6.46. The van der Waals surface area contributed by atoms with E-state index in [1.165, 1.54) is 0 Å². The monoisotopic (exact) mass is 340 g/mol. The second-order valence-electron chi connectivity index (χ2n) is 3.32. The lowest BCUT2D eigenvalue weighted by Crippen LogP contribution is -2.33. The van der Waals surface area contributed by atoms with E-state index in [-0.39, 0.29) is 6.61 Å². The van der Waals surface area contributed by atoms with Crippen LogP contribution in [0.25, 0.3) is 0 Å². The standard InChI is InChI=1S/C7H10NO.C2HF6NO2S/c9-7-6-8-4-2-1-3-5-8;3-1(4,5)9-12(10,11)2(6,7)8/h1-5,9H,6-7H2;(H,9,10,11)/q+1;/p-1. The molecule has 122 valence electrons. The van der Waals surface area contributed by atoms with Gasteiger partial charge in [0.1, 0.15) is 6.61 Å². The molecular formula is C9H10F6N2O3S. The van der Waals surface area contributed by atoms with Crippen molar-refractivity contribution in [3.05, 3.63) is 30.6 Å². The number of aliphatic hydroxyl groups excluding tert-OH is 1. The van der Waals surface area contributed by atoms with Crippen LogP contribution in [0.4, 0.5) is 26.3 Å². The molecule has 0 aliphatic heterocycles. The minimum atomic E-state index is -6.46. The fourth-order valence-corrected chi connectivity index (χ4v) is 1.26. The first-order valence-corrected chi connectivity index (χ1v) is 6.50. The van der Waals surface area contributed by atoms with Crippen molar-refractivity contribution in [3.63, 3.8) is 0 Å². The van der Waals surface area contributed by atoms with Crippen molar-refractivity contribution in [2.24, 2.45) is 4.36 Å². The van der Waals surface area contributed by atoms with Crippen molar-refractivity contribution >= 4 is 10.0 Å². The molecule has 0 saturated carbocycles. The molecule has 0 fully saturated rings. The third-order valence-electron chi connectivity index (χ3n) is 1.65. The van der Waals surface area contributed by atoms with Crippen molar-refractivity contribution in [1.82, 2.24) is 0 Å². The fraction of sp³-hybridized carbons (Fsp3) is 0.444. The second kappa shape index (κ2) is 7.56. The number of pyridine rings is 1. The summed E-state index contributed by atoms with van der Waals surface area (Å²) in [5, 5.41) is 8.50. The molecule has 1 unspecified atom stereocenters. The molecule has 12 heteroatoms. The van der Waals surface area contributed by atoms with Crippen LogP contribution >= 0.6 is 0 Å². The molecule has 0 radical (unpaired) electrons. The van der Waals surface area contributed by atoms with Crippen molar-refractivity contribution < 1.29 is 44.8 Å². The molecule has 1 atom stereocenters. The van der Waals surface area contributed by atoms with Gasteiger partial charge in [0, 0.05) is 12.1 Å². The maximum absolute atomic E-state index is 11.2. The van der Waals surface area contributed by atoms with Crippen molar-refractivity contribution in [2.45, 2.75) is 18.4 Å². The van der Waals surface area contributed by atoms with Gasteiger partial charge in [0.2, 0.25) is 0 Å². The van der Waals surface area contributed by atoms with E-state index in [9.17, 15) is 35.1 Å². The Bertz CT molecular complexity index is 537. The zero-order valence-electron chi connectivity index (χ0n) is 10.1. The minimum absolute atomic E-state index is 0.203. The summed E-state index contributed by atoms with van der Waals surface area (Å²) in [5.41, 5.74) is -6.01. The van der Waals surface area contributed by atoms with Crippen molar-refractivity contribution in [3.8, 4) is 0 Å². The van der Waals surface area contributed by atoms with Gasteiger partial charge in [-0.1, -0.05) is 6.07 Å². The third kappa shape index (κ3) is 8.47.